The first kappa shape index (κ1) is 14.5. The van der Waals surface area contributed by atoms with Crippen LogP contribution in [0.4, 0.5) is 0 Å². The van der Waals surface area contributed by atoms with Crippen LogP contribution in [-0.2, 0) is 0 Å². The molecule has 0 spiro atoms. The molecule has 1 aromatic rings. The van der Waals surface area contributed by atoms with Gasteiger partial charge in [0.2, 0.25) is 0 Å². The summed E-state index contributed by atoms with van der Waals surface area (Å²) in [5.41, 5.74) is 0.602. The molecule has 0 aliphatic carbocycles. The van der Waals surface area contributed by atoms with Crippen LogP contribution in [0.2, 0.25) is 5.02 Å². The van der Waals surface area contributed by atoms with Crippen molar-refractivity contribution >= 4 is 33.4 Å². The van der Waals surface area contributed by atoms with Gasteiger partial charge in [0.05, 0.1) is 0 Å². The van der Waals surface area contributed by atoms with E-state index < -0.39 is 0 Å². The van der Waals surface area contributed by atoms with Gasteiger partial charge in [-0.05, 0) is 32.3 Å². The zero-order chi connectivity index (χ0) is 13.0. The van der Waals surface area contributed by atoms with Crippen molar-refractivity contribution in [2.24, 2.45) is 0 Å². The lowest BCUT2D eigenvalue weighted by Gasteiger charge is -2.19. The predicted molar refractivity (Wildman–Crippen MR) is 74.7 cm³/mol. The lowest BCUT2D eigenvalue weighted by molar-refractivity contribution is 0.0786. The molecule has 0 radical (unpaired) electrons. The summed E-state index contributed by atoms with van der Waals surface area (Å²) in [6.07, 6.45) is 0. The third-order valence-corrected chi connectivity index (χ3v) is 3.01. The Kier molecular flexibility index (Phi) is 5.43. The number of benzene rings is 1. The number of nitrogens with zero attached hydrogens (tertiary/aromatic N) is 2. The maximum Gasteiger partial charge on any atom is 0.253 e. The first-order valence-corrected chi connectivity index (χ1v) is 6.43. The number of likely N-dealkylation sites (N-methyl/N-ethyl adjacent to an activating group) is 2. The van der Waals surface area contributed by atoms with Crippen LogP contribution in [0.15, 0.2) is 22.7 Å². The monoisotopic (exact) mass is 318 g/mol. The van der Waals surface area contributed by atoms with Crippen LogP contribution < -0.4 is 0 Å². The minimum Gasteiger partial charge on any atom is -0.340 e. The molecule has 0 saturated heterocycles. The van der Waals surface area contributed by atoms with E-state index in [2.05, 4.69) is 15.9 Å². The zero-order valence-corrected chi connectivity index (χ0v) is 12.5. The van der Waals surface area contributed by atoms with Crippen molar-refractivity contribution in [1.82, 2.24) is 9.80 Å². The van der Waals surface area contributed by atoms with Crippen LogP contribution >= 0.6 is 27.5 Å². The summed E-state index contributed by atoms with van der Waals surface area (Å²) >= 11 is 9.25. The first-order chi connectivity index (χ1) is 7.90. The highest BCUT2D eigenvalue weighted by Gasteiger charge is 2.12. The van der Waals surface area contributed by atoms with Crippen LogP contribution in [0.3, 0.4) is 0 Å². The fraction of sp³-hybridized carbons (Fsp3) is 0.417. The number of carbonyl (C=O) groups excluding carboxylic acids is 1. The molecular weight excluding hydrogens is 304 g/mol. The maximum atomic E-state index is 12.1. The van der Waals surface area contributed by atoms with Crippen LogP contribution in [0.25, 0.3) is 0 Å². The van der Waals surface area contributed by atoms with Crippen molar-refractivity contribution < 1.29 is 4.79 Å². The second kappa shape index (κ2) is 6.38. The van der Waals surface area contributed by atoms with E-state index in [1.54, 1.807) is 30.1 Å². The molecule has 0 saturated carbocycles. The highest BCUT2D eigenvalue weighted by Crippen LogP contribution is 2.20. The summed E-state index contributed by atoms with van der Waals surface area (Å²) in [5, 5.41) is 0.559. The fourth-order valence-electron chi connectivity index (χ4n) is 1.35. The molecule has 94 valence electrons. The summed E-state index contributed by atoms with van der Waals surface area (Å²) < 4.78 is 0.814. The average Bonchev–Trinajstić information content (AvgIpc) is 2.23. The van der Waals surface area contributed by atoms with E-state index in [0.717, 1.165) is 11.0 Å². The molecule has 0 aliphatic heterocycles. The fourth-order valence-corrected chi connectivity index (χ4v) is 2.21. The van der Waals surface area contributed by atoms with Crippen molar-refractivity contribution in [3.8, 4) is 0 Å². The van der Waals surface area contributed by atoms with E-state index in [9.17, 15) is 4.79 Å². The number of rotatable bonds is 4. The molecule has 1 rings (SSSR count). The van der Waals surface area contributed by atoms with Gasteiger partial charge in [0.25, 0.3) is 5.91 Å². The average molecular weight is 320 g/mol. The largest absolute Gasteiger partial charge is 0.340 e. The Balaban J connectivity index is 2.74. The lowest BCUT2D eigenvalue weighted by Crippen LogP contribution is -2.33. The quantitative estimate of drug-likeness (QED) is 0.852. The zero-order valence-electron chi connectivity index (χ0n) is 10.2. The van der Waals surface area contributed by atoms with E-state index in [-0.39, 0.29) is 5.91 Å². The topological polar surface area (TPSA) is 23.6 Å². The van der Waals surface area contributed by atoms with E-state index in [1.165, 1.54) is 0 Å². The molecule has 0 bridgehead atoms. The second-order valence-corrected chi connectivity index (χ2v) is 5.54. The van der Waals surface area contributed by atoms with Crippen LogP contribution in [-0.4, -0.2) is 49.9 Å². The molecule has 0 unspecified atom stereocenters. The Morgan fingerprint density at radius 1 is 1.24 bits per heavy atom. The third kappa shape index (κ3) is 4.66. The molecule has 0 aromatic heterocycles. The normalized spacial score (nSPS) is 10.7. The molecule has 1 amide bonds. The molecular formula is C12H16BrClN2O. The molecule has 0 fully saturated rings. The van der Waals surface area contributed by atoms with Gasteiger partial charge in [-0.15, -0.1) is 0 Å². The van der Waals surface area contributed by atoms with Gasteiger partial charge in [0, 0.05) is 35.2 Å². The number of hydrogen-bond acceptors (Lipinski definition) is 2. The predicted octanol–water partition coefficient (Wildman–Crippen LogP) is 2.74. The Labute approximate surface area is 115 Å². The van der Waals surface area contributed by atoms with Crippen LogP contribution in [0.1, 0.15) is 10.4 Å². The Morgan fingerprint density at radius 2 is 1.88 bits per heavy atom. The van der Waals surface area contributed by atoms with Gasteiger partial charge in [-0.1, -0.05) is 27.5 Å². The minimum atomic E-state index is -0.0185. The number of amides is 1. The van der Waals surface area contributed by atoms with E-state index in [1.807, 2.05) is 19.0 Å². The van der Waals surface area contributed by atoms with Gasteiger partial charge in [0.1, 0.15) is 0 Å². The van der Waals surface area contributed by atoms with Gasteiger partial charge in [0.15, 0.2) is 0 Å². The molecule has 0 heterocycles. The molecule has 0 atom stereocenters. The summed E-state index contributed by atoms with van der Waals surface area (Å²) in [5.74, 6) is -0.0185. The third-order valence-electron chi connectivity index (χ3n) is 2.34. The lowest BCUT2D eigenvalue weighted by atomic mass is 10.2. The van der Waals surface area contributed by atoms with Gasteiger partial charge in [-0.2, -0.15) is 0 Å². The smallest absolute Gasteiger partial charge is 0.253 e. The number of hydrogen-bond donors (Lipinski definition) is 0. The maximum absolute atomic E-state index is 12.1. The summed E-state index contributed by atoms with van der Waals surface area (Å²) in [7, 11) is 5.75. The number of carbonyl (C=O) groups is 1. The Morgan fingerprint density at radius 3 is 2.41 bits per heavy atom. The van der Waals surface area contributed by atoms with Crippen LogP contribution in [0.5, 0.6) is 0 Å². The molecule has 5 heteroatoms. The van der Waals surface area contributed by atoms with Gasteiger partial charge < -0.3 is 9.80 Å². The van der Waals surface area contributed by atoms with Gasteiger partial charge in [-0.25, -0.2) is 0 Å². The second-order valence-electron chi connectivity index (χ2n) is 4.19. The van der Waals surface area contributed by atoms with Crippen molar-refractivity contribution in [3.05, 3.63) is 33.3 Å². The SMILES string of the molecule is CN(C)CCN(C)C(=O)c1cc(Cl)cc(Br)c1. The van der Waals surface area contributed by atoms with E-state index in [0.29, 0.717) is 17.1 Å². The molecule has 1 aromatic carbocycles. The summed E-state index contributed by atoms with van der Waals surface area (Å²) in [6, 6.07) is 5.22. The standard InChI is InChI=1S/C12H16BrClN2O/c1-15(2)4-5-16(3)12(17)9-6-10(13)8-11(14)7-9/h6-8H,4-5H2,1-3H3. The molecule has 3 nitrogen and oxygen atoms in total. The summed E-state index contributed by atoms with van der Waals surface area (Å²) in [6.45, 7) is 1.53. The Hall–Kier alpha value is -0.580. The van der Waals surface area contributed by atoms with Crippen molar-refractivity contribution in [1.29, 1.82) is 0 Å². The number of halogens is 2. The highest BCUT2D eigenvalue weighted by molar-refractivity contribution is 9.10. The van der Waals surface area contributed by atoms with Crippen molar-refractivity contribution in [2.75, 3.05) is 34.2 Å². The van der Waals surface area contributed by atoms with E-state index in [4.69, 9.17) is 11.6 Å². The summed E-state index contributed by atoms with van der Waals surface area (Å²) in [4.78, 5) is 15.8. The van der Waals surface area contributed by atoms with Crippen LogP contribution in [0, 0.1) is 0 Å². The minimum absolute atomic E-state index is 0.0185. The van der Waals surface area contributed by atoms with Crippen molar-refractivity contribution in [3.63, 3.8) is 0 Å². The van der Waals surface area contributed by atoms with E-state index >= 15 is 0 Å². The Bertz CT molecular complexity index is 389. The molecule has 0 N–H and O–H groups in total. The van der Waals surface area contributed by atoms with Gasteiger partial charge in [-0.3, -0.25) is 4.79 Å². The van der Waals surface area contributed by atoms with Crippen molar-refractivity contribution in [2.45, 2.75) is 0 Å². The first-order valence-electron chi connectivity index (χ1n) is 5.26. The molecule has 0 aliphatic rings. The highest BCUT2D eigenvalue weighted by atomic mass is 79.9. The molecule has 17 heavy (non-hydrogen) atoms. The van der Waals surface area contributed by atoms with Gasteiger partial charge >= 0.3 is 0 Å².